The second-order valence-electron chi connectivity index (χ2n) is 4.42. The van der Waals surface area contributed by atoms with Gasteiger partial charge in [0.1, 0.15) is 5.75 Å². The fourth-order valence-electron chi connectivity index (χ4n) is 2.37. The number of nitrogens with zero attached hydrogens (tertiary/aromatic N) is 2. The van der Waals surface area contributed by atoms with Gasteiger partial charge in [0.05, 0.1) is 19.2 Å². The Balaban J connectivity index is 2.32. The maximum atomic E-state index is 5.91. The van der Waals surface area contributed by atoms with Gasteiger partial charge in [-0.05, 0) is 31.5 Å². The van der Waals surface area contributed by atoms with E-state index in [1.54, 1.807) is 7.11 Å². The third kappa shape index (κ3) is 1.84. The molecule has 1 aliphatic heterocycles. The monoisotopic (exact) mass is 233 g/mol. The van der Waals surface area contributed by atoms with Gasteiger partial charge in [-0.25, -0.2) is 0 Å². The molecule has 1 aromatic rings. The predicted octanol–water partition coefficient (Wildman–Crippen LogP) is 1.56. The first-order valence-corrected chi connectivity index (χ1v) is 5.84. The van der Waals surface area contributed by atoms with Crippen LogP contribution in [-0.4, -0.2) is 31.1 Å². The Labute approximate surface area is 102 Å². The number of methoxy groups -OCH3 is 1. The molecule has 0 saturated heterocycles. The molecule has 4 heteroatoms. The van der Waals surface area contributed by atoms with Gasteiger partial charge in [0, 0.05) is 6.54 Å². The van der Waals surface area contributed by atoms with Crippen LogP contribution in [0.15, 0.2) is 29.3 Å². The molecule has 0 aliphatic carbocycles. The predicted molar refractivity (Wildman–Crippen MR) is 69.2 cm³/mol. The highest BCUT2D eigenvalue weighted by molar-refractivity contribution is 5.81. The Bertz CT molecular complexity index is 427. The highest BCUT2D eigenvalue weighted by Gasteiger charge is 2.38. The van der Waals surface area contributed by atoms with E-state index in [-0.39, 0.29) is 5.54 Å². The lowest BCUT2D eigenvalue weighted by Gasteiger charge is -2.35. The lowest BCUT2D eigenvalue weighted by Crippen LogP contribution is -2.47. The van der Waals surface area contributed by atoms with E-state index in [0.717, 1.165) is 12.3 Å². The summed E-state index contributed by atoms with van der Waals surface area (Å²) in [6.07, 6.45) is 0. The second kappa shape index (κ2) is 4.28. The standard InChI is InChI=1S/C13H19N3O/c1-4-16-12(14)15-9-13(16,2)10-5-7-11(17-3)8-6-10/h5-8H,4,9H2,1-3H3,(H2,14,15). The number of hydrogen-bond donors (Lipinski definition) is 1. The summed E-state index contributed by atoms with van der Waals surface area (Å²) in [5.74, 6) is 1.50. The lowest BCUT2D eigenvalue weighted by molar-refractivity contribution is 0.234. The summed E-state index contributed by atoms with van der Waals surface area (Å²) in [7, 11) is 1.67. The van der Waals surface area contributed by atoms with Crippen molar-refractivity contribution in [3.8, 4) is 5.75 Å². The first-order chi connectivity index (χ1) is 8.11. The summed E-state index contributed by atoms with van der Waals surface area (Å²) in [6, 6.07) is 8.11. The van der Waals surface area contributed by atoms with Crippen molar-refractivity contribution < 1.29 is 4.74 Å². The molecule has 92 valence electrons. The zero-order valence-electron chi connectivity index (χ0n) is 10.6. The Kier molecular flexibility index (Phi) is 2.96. The van der Waals surface area contributed by atoms with Crippen LogP contribution in [0, 0.1) is 0 Å². The Morgan fingerprint density at radius 3 is 2.59 bits per heavy atom. The first-order valence-electron chi connectivity index (χ1n) is 5.84. The van der Waals surface area contributed by atoms with Crippen molar-refractivity contribution in [3.05, 3.63) is 29.8 Å². The molecule has 2 rings (SSSR count). The molecule has 2 N–H and O–H groups in total. The van der Waals surface area contributed by atoms with E-state index in [9.17, 15) is 0 Å². The maximum Gasteiger partial charge on any atom is 0.192 e. The van der Waals surface area contributed by atoms with E-state index >= 15 is 0 Å². The average molecular weight is 233 g/mol. The summed E-state index contributed by atoms with van der Waals surface area (Å²) in [5, 5.41) is 0. The first kappa shape index (κ1) is 11.8. The molecule has 0 fully saturated rings. The van der Waals surface area contributed by atoms with Crippen molar-refractivity contribution >= 4 is 5.96 Å². The van der Waals surface area contributed by atoms with Crippen LogP contribution in [0.2, 0.25) is 0 Å². The number of hydrogen-bond acceptors (Lipinski definition) is 4. The van der Waals surface area contributed by atoms with Gasteiger partial charge < -0.3 is 15.4 Å². The van der Waals surface area contributed by atoms with E-state index in [4.69, 9.17) is 10.5 Å². The Hall–Kier alpha value is -1.71. The van der Waals surface area contributed by atoms with Crippen molar-refractivity contribution in [1.82, 2.24) is 4.90 Å². The van der Waals surface area contributed by atoms with E-state index < -0.39 is 0 Å². The zero-order chi connectivity index (χ0) is 12.5. The molecule has 0 amide bonds. The van der Waals surface area contributed by atoms with Gasteiger partial charge in [-0.2, -0.15) is 0 Å². The van der Waals surface area contributed by atoms with Crippen LogP contribution >= 0.6 is 0 Å². The van der Waals surface area contributed by atoms with Crippen LogP contribution in [0.1, 0.15) is 19.4 Å². The minimum Gasteiger partial charge on any atom is -0.497 e. The fourth-order valence-corrected chi connectivity index (χ4v) is 2.37. The quantitative estimate of drug-likeness (QED) is 0.862. The van der Waals surface area contributed by atoms with Gasteiger partial charge in [0.15, 0.2) is 5.96 Å². The van der Waals surface area contributed by atoms with Crippen LogP contribution < -0.4 is 10.5 Å². The molecule has 0 saturated carbocycles. The summed E-state index contributed by atoms with van der Waals surface area (Å²) in [6.45, 7) is 5.83. The van der Waals surface area contributed by atoms with Crippen molar-refractivity contribution in [3.63, 3.8) is 0 Å². The van der Waals surface area contributed by atoms with Crippen molar-refractivity contribution in [2.45, 2.75) is 19.4 Å². The Morgan fingerprint density at radius 1 is 1.41 bits per heavy atom. The van der Waals surface area contributed by atoms with Crippen molar-refractivity contribution in [2.24, 2.45) is 10.7 Å². The van der Waals surface area contributed by atoms with Crippen LogP contribution in [0.3, 0.4) is 0 Å². The summed E-state index contributed by atoms with van der Waals surface area (Å²) < 4.78 is 5.17. The number of rotatable bonds is 3. The van der Waals surface area contributed by atoms with E-state index in [1.165, 1.54) is 5.56 Å². The average Bonchev–Trinajstić information content (AvgIpc) is 2.66. The van der Waals surface area contributed by atoms with Crippen LogP contribution in [0.25, 0.3) is 0 Å². The Morgan fingerprint density at radius 2 is 2.06 bits per heavy atom. The molecule has 1 unspecified atom stereocenters. The van der Waals surface area contributed by atoms with Crippen LogP contribution in [-0.2, 0) is 5.54 Å². The number of nitrogens with two attached hydrogens (primary N) is 1. The number of ether oxygens (including phenoxy) is 1. The van der Waals surface area contributed by atoms with Crippen molar-refractivity contribution in [2.75, 3.05) is 20.2 Å². The minimum absolute atomic E-state index is 0.134. The highest BCUT2D eigenvalue weighted by Crippen LogP contribution is 2.33. The molecule has 1 heterocycles. The van der Waals surface area contributed by atoms with Gasteiger partial charge in [0.25, 0.3) is 0 Å². The smallest absolute Gasteiger partial charge is 0.192 e. The molecule has 0 spiro atoms. The molecule has 4 nitrogen and oxygen atoms in total. The number of aliphatic imine (C=N–C) groups is 1. The number of benzene rings is 1. The van der Waals surface area contributed by atoms with E-state index in [0.29, 0.717) is 12.5 Å². The third-order valence-corrected chi connectivity index (χ3v) is 3.45. The van der Waals surface area contributed by atoms with Crippen LogP contribution in [0.5, 0.6) is 5.75 Å². The summed E-state index contributed by atoms with van der Waals surface area (Å²) >= 11 is 0. The minimum atomic E-state index is -0.134. The van der Waals surface area contributed by atoms with Crippen molar-refractivity contribution in [1.29, 1.82) is 0 Å². The normalized spacial score (nSPS) is 23.7. The molecule has 1 atom stereocenters. The molecule has 0 radical (unpaired) electrons. The number of guanidine groups is 1. The zero-order valence-corrected chi connectivity index (χ0v) is 10.6. The molecular weight excluding hydrogens is 214 g/mol. The molecule has 17 heavy (non-hydrogen) atoms. The van der Waals surface area contributed by atoms with Gasteiger partial charge >= 0.3 is 0 Å². The summed E-state index contributed by atoms with van der Waals surface area (Å²) in [5.41, 5.74) is 6.99. The van der Waals surface area contributed by atoms with Gasteiger partial charge in [0.2, 0.25) is 0 Å². The maximum absolute atomic E-state index is 5.91. The third-order valence-electron chi connectivity index (χ3n) is 3.45. The van der Waals surface area contributed by atoms with Gasteiger partial charge in [-0.1, -0.05) is 12.1 Å². The topological polar surface area (TPSA) is 50.8 Å². The number of likely N-dealkylation sites (N-methyl/N-ethyl adjacent to an activating group) is 1. The molecular formula is C13H19N3O. The van der Waals surface area contributed by atoms with Gasteiger partial charge in [-0.3, -0.25) is 4.99 Å². The fraction of sp³-hybridized carbons (Fsp3) is 0.462. The van der Waals surface area contributed by atoms with Crippen LogP contribution in [0.4, 0.5) is 0 Å². The van der Waals surface area contributed by atoms with E-state index in [1.807, 2.05) is 12.1 Å². The molecule has 1 aromatic carbocycles. The molecule has 0 aromatic heterocycles. The van der Waals surface area contributed by atoms with Gasteiger partial charge in [-0.15, -0.1) is 0 Å². The highest BCUT2D eigenvalue weighted by atomic mass is 16.5. The molecule has 0 bridgehead atoms. The van der Waals surface area contributed by atoms with E-state index in [2.05, 4.69) is 35.9 Å². The molecule has 1 aliphatic rings. The lowest BCUT2D eigenvalue weighted by atomic mass is 9.91. The SMILES string of the molecule is CCN1C(N)=NCC1(C)c1ccc(OC)cc1. The summed E-state index contributed by atoms with van der Waals surface area (Å²) in [4.78, 5) is 6.48. The second-order valence-corrected chi connectivity index (χ2v) is 4.42. The largest absolute Gasteiger partial charge is 0.497 e.